The highest BCUT2D eigenvalue weighted by molar-refractivity contribution is 5.59. The van der Waals surface area contributed by atoms with Gasteiger partial charge < -0.3 is 14.7 Å². The van der Waals surface area contributed by atoms with Crippen LogP contribution in [0.1, 0.15) is 44.4 Å². The number of hydrogen-bond acceptors (Lipinski definition) is 5. The summed E-state index contributed by atoms with van der Waals surface area (Å²) in [4.78, 5) is 5.48. The summed E-state index contributed by atoms with van der Waals surface area (Å²) >= 11 is 0. The van der Waals surface area contributed by atoms with Gasteiger partial charge in [-0.05, 0) is 38.5 Å². The molecule has 1 aromatic carbocycles. The van der Waals surface area contributed by atoms with Gasteiger partial charge in [0.05, 0.1) is 17.7 Å². The van der Waals surface area contributed by atoms with Crippen molar-refractivity contribution < 1.29 is 9.84 Å². The number of aliphatic hydroxyl groups excluding tert-OH is 1. The molecule has 6 nitrogen and oxygen atoms in total. The Morgan fingerprint density at radius 2 is 2.17 bits per heavy atom. The molecule has 6 heteroatoms. The third-order valence-corrected chi connectivity index (χ3v) is 3.94. The first-order valence-electron chi connectivity index (χ1n) is 7.53. The van der Waals surface area contributed by atoms with Crippen molar-refractivity contribution in [1.29, 1.82) is 10.5 Å². The second-order valence-corrected chi connectivity index (χ2v) is 6.04. The molecule has 0 radical (unpaired) electrons. The van der Waals surface area contributed by atoms with E-state index in [9.17, 15) is 5.11 Å². The molecule has 1 aliphatic heterocycles. The fourth-order valence-corrected chi connectivity index (χ4v) is 2.82. The Morgan fingerprint density at radius 1 is 1.43 bits per heavy atom. The Labute approximate surface area is 136 Å². The van der Waals surface area contributed by atoms with Crippen molar-refractivity contribution in [3.63, 3.8) is 0 Å². The van der Waals surface area contributed by atoms with Gasteiger partial charge in [-0.25, -0.2) is 0 Å². The van der Waals surface area contributed by atoms with Crippen LogP contribution < -0.4 is 4.74 Å². The highest BCUT2D eigenvalue weighted by Gasteiger charge is 2.45. The van der Waals surface area contributed by atoms with Crippen molar-refractivity contribution in [3.05, 3.63) is 29.3 Å². The van der Waals surface area contributed by atoms with E-state index in [0.29, 0.717) is 17.9 Å². The molecule has 0 saturated carbocycles. The van der Waals surface area contributed by atoms with Crippen LogP contribution in [0, 0.1) is 22.8 Å². The van der Waals surface area contributed by atoms with E-state index in [-0.39, 0.29) is 0 Å². The standard InChI is InChI=1S/C17H20N4O2/c1-4-7-21(11-20-10-19)15-13-8-12(9-18)5-6-14(13)23-17(2,3)16(15)22/h5-6,8,11,15-16,22H,4,7H2,1-3H3/t15-,16+/m1/s1. The number of aliphatic imine (C=N–C) groups is 1. The van der Waals surface area contributed by atoms with E-state index in [1.807, 2.05) is 25.7 Å². The summed E-state index contributed by atoms with van der Waals surface area (Å²) in [5.74, 6) is 0.635. The lowest BCUT2D eigenvalue weighted by Crippen LogP contribution is -2.53. The maximum absolute atomic E-state index is 10.8. The molecular formula is C17H20N4O2. The number of rotatable bonds is 4. The van der Waals surface area contributed by atoms with Crippen molar-refractivity contribution in [1.82, 2.24) is 4.90 Å². The minimum absolute atomic E-state index is 0.431. The predicted molar refractivity (Wildman–Crippen MR) is 85.7 cm³/mol. The quantitative estimate of drug-likeness (QED) is 0.523. The number of fused-ring (bicyclic) bond motifs is 1. The molecule has 0 aliphatic carbocycles. The second kappa shape index (κ2) is 6.68. The highest BCUT2D eigenvalue weighted by Crippen LogP contribution is 2.42. The van der Waals surface area contributed by atoms with Gasteiger partial charge in [-0.1, -0.05) is 6.92 Å². The molecule has 0 aromatic heterocycles. The fourth-order valence-electron chi connectivity index (χ4n) is 2.82. The molecule has 2 atom stereocenters. The largest absolute Gasteiger partial charge is 0.485 e. The SMILES string of the molecule is CCCN(C=NC#N)[C@@H]1c2cc(C#N)ccc2OC(C)(C)[C@H]1O. The maximum Gasteiger partial charge on any atom is 0.207 e. The molecule has 0 spiro atoms. The summed E-state index contributed by atoms with van der Waals surface area (Å²) in [6.07, 6.45) is 3.18. The number of hydrogen-bond donors (Lipinski definition) is 1. The number of ether oxygens (including phenoxy) is 1. The van der Waals surface area contributed by atoms with Crippen LogP contribution in [0.4, 0.5) is 0 Å². The van der Waals surface area contributed by atoms with Gasteiger partial charge in [0.15, 0.2) is 0 Å². The normalized spacial score (nSPS) is 21.8. The van der Waals surface area contributed by atoms with E-state index in [1.165, 1.54) is 6.34 Å². The number of nitrogens with zero attached hydrogens (tertiary/aromatic N) is 4. The first kappa shape index (κ1) is 16.8. The van der Waals surface area contributed by atoms with Gasteiger partial charge >= 0.3 is 0 Å². The molecule has 23 heavy (non-hydrogen) atoms. The zero-order valence-corrected chi connectivity index (χ0v) is 13.5. The molecule has 120 valence electrons. The van der Waals surface area contributed by atoms with Crippen LogP contribution >= 0.6 is 0 Å². The third-order valence-electron chi connectivity index (χ3n) is 3.94. The monoisotopic (exact) mass is 312 g/mol. The van der Waals surface area contributed by atoms with Gasteiger partial charge in [-0.15, -0.1) is 0 Å². The summed E-state index contributed by atoms with van der Waals surface area (Å²) in [7, 11) is 0. The lowest BCUT2D eigenvalue weighted by Gasteiger charge is -2.45. The van der Waals surface area contributed by atoms with Crippen LogP contribution in [-0.4, -0.2) is 34.6 Å². The fraction of sp³-hybridized carbons (Fsp3) is 0.471. The Kier molecular flexibility index (Phi) is 4.88. The lowest BCUT2D eigenvalue weighted by atomic mass is 9.85. The Hall–Kier alpha value is -2.57. The number of aliphatic hydroxyl groups is 1. The summed E-state index contributed by atoms with van der Waals surface area (Å²) in [5, 5.41) is 28.7. The molecule has 0 fully saturated rings. The van der Waals surface area contributed by atoms with E-state index < -0.39 is 17.7 Å². The van der Waals surface area contributed by atoms with Crippen LogP contribution in [0.15, 0.2) is 23.2 Å². The van der Waals surface area contributed by atoms with E-state index in [0.717, 1.165) is 12.0 Å². The molecule has 1 aliphatic rings. The van der Waals surface area contributed by atoms with Crippen molar-refractivity contribution in [2.45, 2.75) is 44.9 Å². The minimum Gasteiger partial charge on any atom is -0.485 e. The van der Waals surface area contributed by atoms with Gasteiger partial charge in [0.1, 0.15) is 23.8 Å². The summed E-state index contributed by atoms with van der Waals surface area (Å²) in [5.41, 5.74) is 0.435. The first-order chi connectivity index (χ1) is 10.9. The molecule has 2 rings (SSSR count). The van der Waals surface area contributed by atoms with Crippen LogP contribution in [0.3, 0.4) is 0 Å². The Balaban J connectivity index is 2.57. The van der Waals surface area contributed by atoms with E-state index in [1.54, 1.807) is 24.4 Å². The first-order valence-corrected chi connectivity index (χ1v) is 7.53. The van der Waals surface area contributed by atoms with Crippen molar-refractivity contribution in [3.8, 4) is 18.0 Å². The van der Waals surface area contributed by atoms with Crippen molar-refractivity contribution >= 4 is 6.34 Å². The van der Waals surface area contributed by atoms with Crippen LogP contribution in [0.5, 0.6) is 5.75 Å². The average molecular weight is 312 g/mol. The molecule has 1 aromatic rings. The van der Waals surface area contributed by atoms with Gasteiger partial charge in [-0.3, -0.25) is 0 Å². The topological polar surface area (TPSA) is 92.6 Å². The zero-order chi connectivity index (χ0) is 17.0. The molecular weight excluding hydrogens is 292 g/mol. The average Bonchev–Trinajstić information content (AvgIpc) is 2.52. The van der Waals surface area contributed by atoms with Crippen LogP contribution in [0.25, 0.3) is 0 Å². The number of benzene rings is 1. The highest BCUT2D eigenvalue weighted by atomic mass is 16.5. The predicted octanol–water partition coefficient (Wildman–Crippen LogP) is 2.35. The minimum atomic E-state index is -0.833. The summed E-state index contributed by atoms with van der Waals surface area (Å²) in [6, 6.07) is 6.84. The van der Waals surface area contributed by atoms with Crippen molar-refractivity contribution in [2.75, 3.05) is 6.54 Å². The third kappa shape index (κ3) is 3.28. The smallest absolute Gasteiger partial charge is 0.207 e. The Bertz CT molecular complexity index is 685. The molecule has 0 bridgehead atoms. The van der Waals surface area contributed by atoms with Crippen LogP contribution in [0.2, 0.25) is 0 Å². The van der Waals surface area contributed by atoms with Gasteiger partial charge in [0.25, 0.3) is 0 Å². The number of nitriles is 2. The van der Waals surface area contributed by atoms with Gasteiger partial charge in [0.2, 0.25) is 6.19 Å². The molecule has 1 heterocycles. The zero-order valence-electron chi connectivity index (χ0n) is 13.5. The van der Waals surface area contributed by atoms with E-state index >= 15 is 0 Å². The van der Waals surface area contributed by atoms with Gasteiger partial charge in [-0.2, -0.15) is 15.5 Å². The van der Waals surface area contributed by atoms with E-state index in [2.05, 4.69) is 11.1 Å². The molecule has 0 saturated heterocycles. The molecule has 0 unspecified atom stereocenters. The molecule has 0 amide bonds. The maximum atomic E-state index is 10.8. The lowest BCUT2D eigenvalue weighted by molar-refractivity contribution is -0.0807. The Morgan fingerprint density at radius 3 is 2.78 bits per heavy atom. The summed E-state index contributed by atoms with van der Waals surface area (Å²) in [6.45, 7) is 6.27. The van der Waals surface area contributed by atoms with E-state index in [4.69, 9.17) is 15.3 Å². The van der Waals surface area contributed by atoms with Crippen LogP contribution in [-0.2, 0) is 0 Å². The second-order valence-electron chi connectivity index (χ2n) is 6.04. The molecule has 1 N–H and O–H groups in total. The summed E-state index contributed by atoms with van der Waals surface area (Å²) < 4.78 is 5.90. The van der Waals surface area contributed by atoms with Crippen molar-refractivity contribution in [2.24, 2.45) is 4.99 Å². The van der Waals surface area contributed by atoms with Gasteiger partial charge in [0, 0.05) is 12.1 Å².